The van der Waals surface area contributed by atoms with Crippen molar-refractivity contribution in [3.8, 4) is 0 Å². The van der Waals surface area contributed by atoms with Crippen LogP contribution in [0.25, 0.3) is 10.9 Å². The van der Waals surface area contributed by atoms with Gasteiger partial charge in [0.05, 0.1) is 0 Å². The Morgan fingerprint density at radius 2 is 2.00 bits per heavy atom. The lowest BCUT2D eigenvalue weighted by Gasteiger charge is -2.17. The van der Waals surface area contributed by atoms with Crippen LogP contribution in [0, 0.1) is 11.2 Å². The van der Waals surface area contributed by atoms with Crippen molar-refractivity contribution in [2.45, 2.75) is 27.2 Å². The van der Waals surface area contributed by atoms with Gasteiger partial charge in [-0.15, -0.1) is 0 Å². The molecule has 0 saturated heterocycles. The molecule has 0 fully saturated rings. The lowest BCUT2D eigenvalue weighted by molar-refractivity contribution is 0.412. The van der Waals surface area contributed by atoms with Crippen LogP contribution in [0.3, 0.4) is 0 Å². The van der Waals surface area contributed by atoms with Gasteiger partial charge >= 0.3 is 0 Å². The molecule has 0 aliphatic rings. The molecule has 0 unspecified atom stereocenters. The molecule has 15 heavy (non-hydrogen) atoms. The average Bonchev–Trinajstić information content (AvgIpc) is 2.46. The number of hydrogen-bond acceptors (Lipinski definition) is 0. The predicted molar refractivity (Wildman–Crippen MR) is 61.4 cm³/mol. The summed E-state index contributed by atoms with van der Waals surface area (Å²) in [6.45, 7) is 6.56. The van der Waals surface area contributed by atoms with Gasteiger partial charge in [0.2, 0.25) is 0 Å². The number of rotatable bonds is 1. The fraction of sp³-hybridized carbons (Fsp3) is 0.385. The van der Waals surface area contributed by atoms with Gasteiger partial charge in [-0.3, -0.25) is 0 Å². The lowest BCUT2D eigenvalue weighted by atomic mass is 9.88. The Morgan fingerprint density at radius 3 is 2.67 bits per heavy atom. The first-order chi connectivity index (χ1) is 6.96. The van der Waals surface area contributed by atoms with Gasteiger partial charge in [0.15, 0.2) is 0 Å². The van der Waals surface area contributed by atoms with Crippen LogP contribution in [0.5, 0.6) is 0 Å². The zero-order valence-corrected chi connectivity index (χ0v) is 9.39. The number of nitrogens with one attached hydrogen (secondary N) is 1. The minimum atomic E-state index is -0.169. The minimum Gasteiger partial charge on any atom is -0.361 e. The van der Waals surface area contributed by atoms with E-state index in [-0.39, 0.29) is 11.2 Å². The van der Waals surface area contributed by atoms with Crippen molar-refractivity contribution in [2.24, 2.45) is 5.41 Å². The Balaban J connectivity index is 2.48. The Morgan fingerprint density at radius 1 is 1.27 bits per heavy atom. The maximum atomic E-state index is 13.1. The van der Waals surface area contributed by atoms with Crippen molar-refractivity contribution in [1.82, 2.24) is 4.98 Å². The van der Waals surface area contributed by atoms with Gasteiger partial charge in [0, 0.05) is 17.1 Å². The van der Waals surface area contributed by atoms with Crippen LogP contribution in [0.4, 0.5) is 4.39 Å². The molecule has 0 saturated carbocycles. The summed E-state index contributed by atoms with van der Waals surface area (Å²) >= 11 is 0. The second kappa shape index (κ2) is 3.37. The van der Waals surface area contributed by atoms with Crippen LogP contribution < -0.4 is 0 Å². The van der Waals surface area contributed by atoms with E-state index in [4.69, 9.17) is 0 Å². The summed E-state index contributed by atoms with van der Waals surface area (Å²) in [7, 11) is 0. The van der Waals surface area contributed by atoms with Gasteiger partial charge in [-0.2, -0.15) is 0 Å². The summed E-state index contributed by atoms with van der Waals surface area (Å²) < 4.78 is 13.1. The van der Waals surface area contributed by atoms with Gasteiger partial charge in [0.1, 0.15) is 5.82 Å². The number of aromatic amines is 1. The van der Waals surface area contributed by atoms with E-state index in [1.54, 1.807) is 12.1 Å². The number of benzene rings is 1. The third kappa shape index (κ3) is 2.20. The van der Waals surface area contributed by atoms with Crippen molar-refractivity contribution < 1.29 is 4.39 Å². The number of halogens is 1. The van der Waals surface area contributed by atoms with Crippen LogP contribution in [-0.2, 0) is 6.42 Å². The Bertz CT molecular complexity index is 477. The van der Waals surface area contributed by atoms with Crippen molar-refractivity contribution >= 4 is 10.9 Å². The highest BCUT2D eigenvalue weighted by Gasteiger charge is 2.14. The topological polar surface area (TPSA) is 15.8 Å². The van der Waals surface area contributed by atoms with E-state index in [1.165, 1.54) is 11.6 Å². The number of fused-ring (bicyclic) bond motifs is 1. The van der Waals surface area contributed by atoms with Crippen molar-refractivity contribution in [3.05, 3.63) is 35.8 Å². The number of H-pyrrole nitrogens is 1. The lowest BCUT2D eigenvalue weighted by Crippen LogP contribution is -2.08. The molecule has 2 heteroatoms. The quantitative estimate of drug-likeness (QED) is 0.726. The van der Waals surface area contributed by atoms with Gasteiger partial charge in [0.25, 0.3) is 0 Å². The molecule has 0 aliphatic carbocycles. The highest BCUT2D eigenvalue weighted by Crippen LogP contribution is 2.26. The number of aromatic nitrogens is 1. The first-order valence-electron chi connectivity index (χ1n) is 5.21. The molecule has 1 aromatic carbocycles. The maximum Gasteiger partial charge on any atom is 0.123 e. The first-order valence-corrected chi connectivity index (χ1v) is 5.21. The zero-order valence-electron chi connectivity index (χ0n) is 9.39. The molecule has 2 aromatic rings. The van der Waals surface area contributed by atoms with Crippen LogP contribution in [0.1, 0.15) is 26.3 Å². The van der Waals surface area contributed by atoms with Crippen molar-refractivity contribution in [2.75, 3.05) is 0 Å². The molecule has 1 aromatic heterocycles. The molecule has 0 bridgehead atoms. The molecule has 2 rings (SSSR count). The van der Waals surface area contributed by atoms with Crippen LogP contribution in [-0.4, -0.2) is 4.98 Å². The third-order valence-corrected chi connectivity index (χ3v) is 2.45. The molecule has 1 N–H and O–H groups in total. The van der Waals surface area contributed by atoms with E-state index in [0.29, 0.717) is 0 Å². The van der Waals surface area contributed by atoms with Crippen LogP contribution in [0.2, 0.25) is 0 Å². The van der Waals surface area contributed by atoms with Crippen molar-refractivity contribution in [3.63, 3.8) is 0 Å². The molecule has 0 radical (unpaired) electrons. The Hall–Kier alpha value is -1.31. The SMILES string of the molecule is CC(C)(C)Cc1c[nH]c2ccc(F)cc12. The summed E-state index contributed by atoms with van der Waals surface area (Å²) in [5, 5.41) is 1.00. The van der Waals surface area contributed by atoms with E-state index in [9.17, 15) is 4.39 Å². The molecule has 80 valence electrons. The van der Waals surface area contributed by atoms with Crippen LogP contribution >= 0.6 is 0 Å². The van der Waals surface area contributed by atoms with E-state index < -0.39 is 0 Å². The van der Waals surface area contributed by atoms with Gasteiger partial charge in [-0.05, 0) is 35.6 Å². The monoisotopic (exact) mass is 205 g/mol. The molecule has 1 nitrogen and oxygen atoms in total. The molecule has 0 atom stereocenters. The predicted octanol–water partition coefficient (Wildman–Crippen LogP) is 3.90. The van der Waals surface area contributed by atoms with Gasteiger partial charge in [-0.1, -0.05) is 20.8 Å². The first kappa shape index (κ1) is 10.2. The molecule has 0 spiro atoms. The number of hydrogen-bond donors (Lipinski definition) is 1. The minimum absolute atomic E-state index is 0.169. The molecule has 0 aliphatic heterocycles. The Kier molecular flexibility index (Phi) is 2.29. The average molecular weight is 205 g/mol. The highest BCUT2D eigenvalue weighted by atomic mass is 19.1. The summed E-state index contributed by atoms with van der Waals surface area (Å²) in [4.78, 5) is 3.17. The van der Waals surface area contributed by atoms with E-state index in [1.807, 2.05) is 6.20 Å². The van der Waals surface area contributed by atoms with Gasteiger partial charge in [-0.25, -0.2) is 4.39 Å². The smallest absolute Gasteiger partial charge is 0.123 e. The van der Waals surface area contributed by atoms with E-state index >= 15 is 0 Å². The van der Waals surface area contributed by atoms with E-state index in [0.717, 1.165) is 17.3 Å². The largest absolute Gasteiger partial charge is 0.361 e. The molecule has 1 heterocycles. The summed E-state index contributed by atoms with van der Waals surface area (Å²) in [5.41, 5.74) is 2.43. The standard InChI is InChI=1S/C13H16FN/c1-13(2,3)7-9-8-15-12-5-4-10(14)6-11(9)12/h4-6,8,15H,7H2,1-3H3. The van der Waals surface area contributed by atoms with Gasteiger partial charge < -0.3 is 4.98 Å². The zero-order chi connectivity index (χ0) is 11.1. The summed E-state index contributed by atoms with van der Waals surface area (Å²) in [6.07, 6.45) is 2.94. The van der Waals surface area contributed by atoms with Crippen molar-refractivity contribution in [1.29, 1.82) is 0 Å². The second-order valence-corrected chi connectivity index (χ2v) is 5.24. The summed E-state index contributed by atoms with van der Waals surface area (Å²) in [5.74, 6) is -0.169. The highest BCUT2D eigenvalue weighted by molar-refractivity contribution is 5.83. The fourth-order valence-electron chi connectivity index (χ4n) is 1.87. The van der Waals surface area contributed by atoms with E-state index in [2.05, 4.69) is 25.8 Å². The Labute approximate surface area is 89.3 Å². The molecular weight excluding hydrogens is 189 g/mol. The van der Waals surface area contributed by atoms with Crippen LogP contribution in [0.15, 0.2) is 24.4 Å². The molecule has 0 amide bonds. The second-order valence-electron chi connectivity index (χ2n) is 5.24. The molecular formula is C13H16FN. The third-order valence-electron chi connectivity index (χ3n) is 2.45. The normalized spacial score (nSPS) is 12.3. The fourth-order valence-corrected chi connectivity index (χ4v) is 1.87. The summed E-state index contributed by atoms with van der Waals surface area (Å²) in [6, 6.07) is 4.88. The maximum absolute atomic E-state index is 13.1.